The van der Waals surface area contributed by atoms with E-state index in [1.54, 1.807) is 45.2 Å². The number of sulfone groups is 1. The van der Waals surface area contributed by atoms with Gasteiger partial charge in [0.2, 0.25) is 5.95 Å². The van der Waals surface area contributed by atoms with Gasteiger partial charge in [0.15, 0.2) is 9.84 Å². The van der Waals surface area contributed by atoms with Crippen LogP contribution in [0.4, 0.5) is 16.6 Å². The summed E-state index contributed by atoms with van der Waals surface area (Å²) >= 11 is 0. The van der Waals surface area contributed by atoms with Crippen LogP contribution in [0, 0.1) is 6.92 Å². The molecule has 2 N–H and O–H groups in total. The average molecular weight is 552 g/mol. The molecule has 0 saturated carbocycles. The molecule has 3 heterocycles. The lowest BCUT2D eigenvalue weighted by molar-refractivity contribution is 0.0442. The third-order valence-corrected chi connectivity index (χ3v) is 8.41. The molecule has 2 aromatic carbocycles. The zero-order chi connectivity index (χ0) is 28.0. The van der Waals surface area contributed by atoms with E-state index in [0.717, 1.165) is 10.9 Å². The number of alkyl carbamates (subject to hydrolysis) is 1. The number of nitrogens with one attached hydrogen (secondary N) is 1. The van der Waals surface area contributed by atoms with Crippen molar-refractivity contribution in [2.75, 3.05) is 35.2 Å². The molecule has 0 saturated heterocycles. The Bertz CT molecular complexity index is 1570. The van der Waals surface area contributed by atoms with Gasteiger partial charge in [0.05, 0.1) is 29.3 Å². The van der Waals surface area contributed by atoms with E-state index >= 15 is 0 Å². The number of aryl methyl sites for hydroxylation is 1. The number of hydrogen-bond acceptors (Lipinski definition) is 9. The van der Waals surface area contributed by atoms with Crippen LogP contribution in [0.5, 0.6) is 0 Å². The first-order chi connectivity index (χ1) is 18.3. The number of aliphatic hydroxyl groups is 1. The number of fused-ring (bicyclic) bond motifs is 2. The number of carbonyl (C=O) groups excluding carboxylic acids is 1. The van der Waals surface area contributed by atoms with E-state index in [9.17, 15) is 18.3 Å². The van der Waals surface area contributed by atoms with Gasteiger partial charge in [-0.15, -0.1) is 0 Å². The van der Waals surface area contributed by atoms with Gasteiger partial charge in [0.1, 0.15) is 17.0 Å². The highest BCUT2D eigenvalue weighted by Gasteiger charge is 2.34. The molecule has 2 aliphatic rings. The highest BCUT2D eigenvalue weighted by atomic mass is 32.2. The minimum Gasteiger partial charge on any atom is -0.444 e. The zero-order valence-electron chi connectivity index (χ0n) is 22.5. The van der Waals surface area contributed by atoms with Gasteiger partial charge in [-0.2, -0.15) is 4.98 Å². The summed E-state index contributed by atoms with van der Waals surface area (Å²) in [6.07, 6.45) is 2.76. The number of nitrogens with zero attached hydrogens (tertiary/aromatic N) is 4. The number of ether oxygens (including phenoxy) is 1. The van der Waals surface area contributed by atoms with Gasteiger partial charge in [-0.1, -0.05) is 29.8 Å². The lowest BCUT2D eigenvalue weighted by atomic mass is 10.1. The Morgan fingerprint density at radius 3 is 2.72 bits per heavy atom. The van der Waals surface area contributed by atoms with E-state index in [4.69, 9.17) is 14.7 Å². The van der Waals surface area contributed by atoms with Crippen molar-refractivity contribution >= 4 is 38.6 Å². The second-order valence-corrected chi connectivity index (χ2v) is 13.2. The molecule has 10 nitrogen and oxygen atoms in total. The maximum absolute atomic E-state index is 12.9. The first kappa shape index (κ1) is 26.9. The normalized spacial score (nSPS) is 20.5. The molecule has 0 aliphatic carbocycles. The summed E-state index contributed by atoms with van der Waals surface area (Å²) in [5.41, 5.74) is 0.448. The summed E-state index contributed by atoms with van der Waals surface area (Å²) in [7, 11) is -3.43. The van der Waals surface area contributed by atoms with Crippen LogP contribution in [-0.2, 0) is 21.1 Å². The lowest BCUT2D eigenvalue weighted by Gasteiger charge is -2.27. The number of aromatic nitrogens is 2. The van der Waals surface area contributed by atoms with Crippen molar-refractivity contribution in [2.45, 2.75) is 50.3 Å². The van der Waals surface area contributed by atoms with Gasteiger partial charge in [-0.3, -0.25) is 0 Å². The number of hydrogen-bond donors (Lipinski definition) is 2. The first-order valence-corrected chi connectivity index (χ1v) is 14.5. The molecule has 0 bridgehead atoms. The van der Waals surface area contributed by atoms with E-state index in [1.165, 1.54) is 0 Å². The molecule has 39 heavy (non-hydrogen) atoms. The number of β-amino-alcohol motifs (C(OH)–C–C–N with tert-alkyl or cyclic N) is 1. The molecule has 1 amide bonds. The highest BCUT2D eigenvalue weighted by molar-refractivity contribution is 7.91. The molecule has 5 rings (SSSR count). The molecular weight excluding hydrogens is 518 g/mol. The molecule has 3 aromatic rings. The molecule has 0 fully saturated rings. The van der Waals surface area contributed by atoms with E-state index in [2.05, 4.69) is 5.32 Å². The van der Waals surface area contributed by atoms with Crippen molar-refractivity contribution in [3.8, 4) is 0 Å². The molecule has 1 aromatic heterocycles. The Morgan fingerprint density at radius 1 is 1.18 bits per heavy atom. The fourth-order valence-corrected chi connectivity index (χ4v) is 6.24. The van der Waals surface area contributed by atoms with Crippen LogP contribution in [0.1, 0.15) is 31.9 Å². The van der Waals surface area contributed by atoms with Gasteiger partial charge >= 0.3 is 6.09 Å². The molecular formula is C28H33N5O5S. The summed E-state index contributed by atoms with van der Waals surface area (Å²) < 4.78 is 31.1. The van der Waals surface area contributed by atoms with E-state index in [-0.39, 0.29) is 25.4 Å². The van der Waals surface area contributed by atoms with Crippen molar-refractivity contribution in [1.82, 2.24) is 15.3 Å². The second-order valence-electron chi connectivity index (χ2n) is 11.1. The van der Waals surface area contributed by atoms with Crippen LogP contribution < -0.4 is 15.1 Å². The lowest BCUT2D eigenvalue weighted by Crippen LogP contribution is -2.46. The van der Waals surface area contributed by atoms with E-state index < -0.39 is 27.1 Å². The quantitative estimate of drug-likeness (QED) is 0.502. The predicted octanol–water partition coefficient (Wildman–Crippen LogP) is 3.32. The maximum atomic E-state index is 12.9. The minimum atomic E-state index is -3.43. The van der Waals surface area contributed by atoms with Crippen LogP contribution >= 0.6 is 0 Å². The Labute approximate surface area is 228 Å². The van der Waals surface area contributed by atoms with Gasteiger partial charge in [-0.25, -0.2) is 18.2 Å². The second kappa shape index (κ2) is 9.80. The van der Waals surface area contributed by atoms with Crippen molar-refractivity contribution < 1.29 is 23.1 Å². The molecule has 1 unspecified atom stereocenters. The molecule has 0 radical (unpaired) electrons. The van der Waals surface area contributed by atoms with Crippen molar-refractivity contribution in [2.24, 2.45) is 0 Å². The van der Waals surface area contributed by atoms with Crippen LogP contribution in [0.3, 0.4) is 0 Å². The monoisotopic (exact) mass is 551 g/mol. The molecule has 2 aliphatic heterocycles. The Hall–Kier alpha value is -3.70. The molecule has 0 spiro atoms. The van der Waals surface area contributed by atoms with Gasteiger partial charge in [0.25, 0.3) is 0 Å². The van der Waals surface area contributed by atoms with E-state index in [1.807, 2.05) is 47.1 Å². The number of rotatable bonds is 4. The predicted molar refractivity (Wildman–Crippen MR) is 149 cm³/mol. The topological polar surface area (TPSA) is 125 Å². The Kier molecular flexibility index (Phi) is 6.76. The van der Waals surface area contributed by atoms with Crippen LogP contribution in [-0.4, -0.2) is 66.2 Å². The summed E-state index contributed by atoms with van der Waals surface area (Å²) in [5.74, 6) is 0.946. The fraction of sp³-hybridized carbons (Fsp3) is 0.393. The summed E-state index contributed by atoms with van der Waals surface area (Å²) in [6, 6.07) is 12.9. The third-order valence-electron chi connectivity index (χ3n) is 6.62. The van der Waals surface area contributed by atoms with Crippen LogP contribution in [0.25, 0.3) is 10.9 Å². The fourth-order valence-electron chi connectivity index (χ4n) is 4.74. The van der Waals surface area contributed by atoms with Gasteiger partial charge in [0, 0.05) is 24.7 Å². The number of carbonyl (C=O) groups is 1. The Morgan fingerprint density at radius 2 is 1.95 bits per heavy atom. The van der Waals surface area contributed by atoms with Crippen molar-refractivity contribution in [3.63, 3.8) is 0 Å². The summed E-state index contributed by atoms with van der Waals surface area (Å²) in [6.45, 7) is 8.02. The number of amides is 1. The molecule has 11 heteroatoms. The third kappa shape index (κ3) is 5.84. The van der Waals surface area contributed by atoms with E-state index in [0.29, 0.717) is 34.3 Å². The molecule has 1 atom stereocenters. The SMILES string of the molecule is Cc1ccc2nc(N3CCS(=O)(=O)c4ccccc4C3)nc(N3C=CC(O)(CNC(=O)OC(C)(C)C)C3)c2c1. The van der Waals surface area contributed by atoms with Crippen LogP contribution in [0.15, 0.2) is 59.6 Å². The largest absolute Gasteiger partial charge is 0.444 e. The highest BCUT2D eigenvalue weighted by Crippen LogP contribution is 2.33. The Balaban J connectivity index is 1.45. The van der Waals surface area contributed by atoms with Crippen LogP contribution in [0.2, 0.25) is 0 Å². The minimum absolute atomic E-state index is 0.0371. The zero-order valence-corrected chi connectivity index (χ0v) is 23.3. The van der Waals surface area contributed by atoms with Crippen molar-refractivity contribution in [1.29, 1.82) is 0 Å². The summed E-state index contributed by atoms with van der Waals surface area (Å²) in [4.78, 5) is 25.9. The number of benzene rings is 2. The first-order valence-electron chi connectivity index (χ1n) is 12.8. The number of anilines is 2. The van der Waals surface area contributed by atoms with Gasteiger partial charge in [-0.05, 0) is 57.5 Å². The smallest absolute Gasteiger partial charge is 0.407 e. The summed E-state index contributed by atoms with van der Waals surface area (Å²) in [5, 5.41) is 14.6. The van der Waals surface area contributed by atoms with Crippen molar-refractivity contribution in [3.05, 3.63) is 65.9 Å². The maximum Gasteiger partial charge on any atom is 0.407 e. The standard InChI is InChI=1S/C28H33N5O5S/c1-19-9-10-22-21(15-19)24(33-12-11-28(35,18-33)17-29-26(34)38-27(2,3)4)31-25(30-22)32-13-14-39(36,37)23-8-6-5-7-20(23)16-32/h5-12,15,35H,13-14,16-18H2,1-4H3,(H,29,34). The van der Waals surface area contributed by atoms with Gasteiger partial charge < -0.3 is 25.0 Å². The molecule has 206 valence electrons. The average Bonchev–Trinajstić information content (AvgIpc) is 3.19.